The van der Waals surface area contributed by atoms with E-state index in [2.05, 4.69) is 32.0 Å². The van der Waals surface area contributed by atoms with Crippen LogP contribution in [-0.2, 0) is 9.59 Å². The molecule has 2 saturated heterocycles. The number of amides is 2. The number of anilines is 1. The molecule has 2 atom stereocenters. The van der Waals surface area contributed by atoms with E-state index in [1.54, 1.807) is 5.01 Å². The van der Waals surface area contributed by atoms with Crippen molar-refractivity contribution in [2.75, 3.05) is 12.0 Å². The number of hydrogen-bond donors (Lipinski definition) is 3. The maximum Gasteiger partial charge on any atom is 0.252 e. The monoisotopic (exact) mass is 356 g/mol. The number of halogens is 1. The second-order valence-corrected chi connectivity index (χ2v) is 6.69. The molecule has 0 bridgehead atoms. The lowest BCUT2D eigenvalue weighted by atomic mass is 10.2. The topological polar surface area (TPSA) is 73.5 Å². The molecular weight excluding hydrogens is 344 g/mol. The highest BCUT2D eigenvalue weighted by molar-refractivity contribution is 9.10. The Morgan fingerprint density at radius 1 is 1.45 bits per heavy atom. The van der Waals surface area contributed by atoms with Crippen molar-refractivity contribution in [1.82, 2.24) is 15.8 Å². The van der Waals surface area contributed by atoms with Gasteiger partial charge in [-0.15, -0.1) is 11.8 Å². The Kier molecular flexibility index (Phi) is 3.97. The van der Waals surface area contributed by atoms with Crippen LogP contribution in [0.5, 0.6) is 0 Å². The minimum absolute atomic E-state index is 0.0454. The number of hydrazine groups is 1. The Balaban J connectivity index is 1.57. The fraction of sp³-hybridized carbons (Fsp3) is 0.333. The summed E-state index contributed by atoms with van der Waals surface area (Å²) in [5.74, 6) is -0.199. The van der Waals surface area contributed by atoms with Gasteiger partial charge in [-0.3, -0.25) is 14.9 Å². The first-order chi connectivity index (χ1) is 9.63. The Bertz CT molecular complexity index is 539. The minimum Gasteiger partial charge on any atom is -0.326 e. The standard InChI is InChI=1S/C12H13BrN4O2S/c13-7-1-3-8(4-2-7)16-10(18)5-9-11(19)17-12(20-9)14-6-15-17/h1-4,9,12,14-15H,5-6H2,(H,16,18). The van der Waals surface area contributed by atoms with Crippen LogP contribution in [0.15, 0.2) is 28.7 Å². The third kappa shape index (κ3) is 2.83. The van der Waals surface area contributed by atoms with Gasteiger partial charge in [0, 0.05) is 16.6 Å². The molecule has 0 aromatic heterocycles. The van der Waals surface area contributed by atoms with Crippen LogP contribution in [0.3, 0.4) is 0 Å². The maximum absolute atomic E-state index is 12.0. The van der Waals surface area contributed by atoms with Crippen molar-refractivity contribution in [3.63, 3.8) is 0 Å². The molecule has 20 heavy (non-hydrogen) atoms. The Morgan fingerprint density at radius 2 is 2.20 bits per heavy atom. The maximum atomic E-state index is 12.0. The second-order valence-electron chi connectivity index (χ2n) is 4.48. The van der Waals surface area contributed by atoms with Gasteiger partial charge in [0.25, 0.3) is 5.91 Å². The zero-order valence-electron chi connectivity index (χ0n) is 10.4. The Morgan fingerprint density at radius 3 is 2.90 bits per heavy atom. The molecule has 0 aliphatic carbocycles. The minimum atomic E-state index is -0.337. The summed E-state index contributed by atoms with van der Waals surface area (Å²) in [6.07, 6.45) is 0.177. The predicted octanol–water partition coefficient (Wildman–Crippen LogP) is 1.07. The number of rotatable bonds is 3. The molecule has 2 fully saturated rings. The molecule has 6 nitrogen and oxygen atoms in total. The molecule has 0 spiro atoms. The van der Waals surface area contributed by atoms with Crippen molar-refractivity contribution in [1.29, 1.82) is 0 Å². The molecule has 0 radical (unpaired) electrons. The smallest absolute Gasteiger partial charge is 0.252 e. The molecule has 3 N–H and O–H groups in total. The SMILES string of the molecule is O=C(CC1SC2NCNN2C1=O)Nc1ccc(Br)cc1. The van der Waals surface area contributed by atoms with Crippen molar-refractivity contribution in [3.05, 3.63) is 28.7 Å². The first-order valence-electron chi connectivity index (χ1n) is 6.14. The first kappa shape index (κ1) is 13.9. The Hall–Kier alpha value is -1.09. The number of benzene rings is 1. The lowest BCUT2D eigenvalue weighted by molar-refractivity contribution is -0.132. The summed E-state index contributed by atoms with van der Waals surface area (Å²) >= 11 is 4.80. The van der Waals surface area contributed by atoms with Crippen LogP contribution < -0.4 is 16.1 Å². The highest BCUT2D eigenvalue weighted by Crippen LogP contribution is 2.32. The molecule has 1 aromatic carbocycles. The van der Waals surface area contributed by atoms with E-state index in [-0.39, 0.29) is 29.0 Å². The van der Waals surface area contributed by atoms with Crippen molar-refractivity contribution in [2.24, 2.45) is 0 Å². The summed E-state index contributed by atoms with van der Waals surface area (Å²) in [5.41, 5.74) is 3.61. The summed E-state index contributed by atoms with van der Waals surface area (Å²) in [4.78, 5) is 24.0. The van der Waals surface area contributed by atoms with E-state index in [4.69, 9.17) is 0 Å². The molecular formula is C12H13BrN4O2S. The molecule has 2 unspecified atom stereocenters. The van der Waals surface area contributed by atoms with Gasteiger partial charge in [0.15, 0.2) is 0 Å². The fourth-order valence-corrected chi connectivity index (χ4v) is 3.65. The van der Waals surface area contributed by atoms with E-state index in [0.717, 1.165) is 10.2 Å². The molecule has 8 heteroatoms. The van der Waals surface area contributed by atoms with Gasteiger partial charge < -0.3 is 5.32 Å². The van der Waals surface area contributed by atoms with Crippen molar-refractivity contribution in [2.45, 2.75) is 17.2 Å². The van der Waals surface area contributed by atoms with Gasteiger partial charge in [-0.2, -0.15) is 0 Å². The number of hydrogen-bond acceptors (Lipinski definition) is 5. The van der Waals surface area contributed by atoms with E-state index >= 15 is 0 Å². The predicted molar refractivity (Wildman–Crippen MR) is 80.5 cm³/mol. The molecule has 2 aliphatic rings. The average molecular weight is 357 g/mol. The van der Waals surface area contributed by atoms with Gasteiger partial charge in [-0.25, -0.2) is 10.4 Å². The van der Waals surface area contributed by atoms with E-state index < -0.39 is 0 Å². The van der Waals surface area contributed by atoms with Crippen molar-refractivity contribution < 1.29 is 9.59 Å². The third-order valence-corrected chi connectivity index (χ3v) is 4.93. The normalized spacial score (nSPS) is 24.9. The zero-order chi connectivity index (χ0) is 14.1. The largest absolute Gasteiger partial charge is 0.326 e. The molecule has 0 saturated carbocycles. The summed E-state index contributed by atoms with van der Waals surface area (Å²) in [6, 6.07) is 7.34. The molecule has 2 amide bonds. The second kappa shape index (κ2) is 5.72. The number of thioether (sulfide) groups is 1. The van der Waals surface area contributed by atoms with E-state index in [1.165, 1.54) is 11.8 Å². The number of nitrogens with one attached hydrogen (secondary N) is 3. The summed E-state index contributed by atoms with van der Waals surface area (Å²) in [7, 11) is 0. The van der Waals surface area contributed by atoms with Crippen LogP contribution in [0.2, 0.25) is 0 Å². The van der Waals surface area contributed by atoms with Gasteiger partial charge in [0.05, 0.1) is 11.9 Å². The summed E-state index contributed by atoms with van der Waals surface area (Å²) in [5, 5.41) is 7.15. The highest BCUT2D eigenvalue weighted by Gasteiger charge is 2.43. The van der Waals surface area contributed by atoms with Crippen molar-refractivity contribution in [3.8, 4) is 0 Å². The number of carbonyl (C=O) groups is 2. The zero-order valence-corrected chi connectivity index (χ0v) is 12.8. The summed E-state index contributed by atoms with van der Waals surface area (Å²) in [6.45, 7) is 0.585. The van der Waals surface area contributed by atoms with Crippen LogP contribution in [0.1, 0.15) is 6.42 Å². The van der Waals surface area contributed by atoms with Crippen LogP contribution >= 0.6 is 27.7 Å². The summed E-state index contributed by atoms with van der Waals surface area (Å²) < 4.78 is 0.954. The number of carbonyl (C=O) groups excluding carboxylic acids is 2. The fourth-order valence-electron chi connectivity index (χ4n) is 2.11. The van der Waals surface area contributed by atoms with Crippen LogP contribution in [0, 0.1) is 0 Å². The highest BCUT2D eigenvalue weighted by atomic mass is 79.9. The van der Waals surface area contributed by atoms with E-state index in [1.807, 2.05) is 24.3 Å². The van der Waals surface area contributed by atoms with Gasteiger partial charge >= 0.3 is 0 Å². The molecule has 3 rings (SSSR count). The van der Waals surface area contributed by atoms with Gasteiger partial charge in [0.1, 0.15) is 5.50 Å². The van der Waals surface area contributed by atoms with Gasteiger partial charge in [0.2, 0.25) is 5.91 Å². The number of fused-ring (bicyclic) bond motifs is 1. The average Bonchev–Trinajstić information content (AvgIpc) is 2.97. The first-order valence-corrected chi connectivity index (χ1v) is 7.88. The van der Waals surface area contributed by atoms with E-state index in [9.17, 15) is 9.59 Å². The molecule has 2 aliphatic heterocycles. The van der Waals surface area contributed by atoms with Crippen LogP contribution in [0.25, 0.3) is 0 Å². The number of nitrogens with zero attached hydrogens (tertiary/aromatic N) is 1. The van der Waals surface area contributed by atoms with Gasteiger partial charge in [-0.1, -0.05) is 15.9 Å². The molecule has 1 aromatic rings. The molecule has 106 valence electrons. The van der Waals surface area contributed by atoms with Crippen molar-refractivity contribution >= 4 is 45.2 Å². The lowest BCUT2D eigenvalue weighted by Crippen LogP contribution is -2.39. The van der Waals surface area contributed by atoms with Crippen LogP contribution in [0.4, 0.5) is 5.69 Å². The molecule has 2 heterocycles. The van der Waals surface area contributed by atoms with Gasteiger partial charge in [-0.05, 0) is 24.3 Å². The lowest BCUT2D eigenvalue weighted by Gasteiger charge is -2.12. The third-order valence-electron chi connectivity index (χ3n) is 3.07. The Labute approximate surface area is 128 Å². The quantitative estimate of drug-likeness (QED) is 0.755. The van der Waals surface area contributed by atoms with Crippen LogP contribution in [-0.4, -0.2) is 34.2 Å². The van der Waals surface area contributed by atoms with E-state index in [0.29, 0.717) is 6.67 Å².